The van der Waals surface area contributed by atoms with E-state index in [0.29, 0.717) is 27.1 Å². The number of nitrogens with zero attached hydrogens (tertiary/aromatic N) is 4. The van der Waals surface area contributed by atoms with Crippen molar-refractivity contribution in [2.45, 2.75) is 20.8 Å². The highest BCUT2D eigenvalue weighted by Crippen LogP contribution is 2.33. The predicted octanol–water partition coefficient (Wildman–Crippen LogP) is 4.90. The van der Waals surface area contributed by atoms with Gasteiger partial charge in [0.2, 0.25) is 0 Å². The number of hydrogen-bond donors (Lipinski definition) is 1. The normalized spacial score (nSPS) is 11.0. The van der Waals surface area contributed by atoms with Crippen LogP contribution in [0.3, 0.4) is 0 Å². The van der Waals surface area contributed by atoms with Crippen LogP contribution >= 0.6 is 22.7 Å². The van der Waals surface area contributed by atoms with Crippen LogP contribution in [0.15, 0.2) is 29.6 Å². The van der Waals surface area contributed by atoms with E-state index < -0.39 is 4.92 Å². The molecule has 0 atom stereocenters. The number of thiophene rings is 1. The van der Waals surface area contributed by atoms with Gasteiger partial charge >= 0.3 is 0 Å². The number of aryl methyl sites for hydroxylation is 3. The van der Waals surface area contributed by atoms with Crippen molar-refractivity contribution in [2.24, 2.45) is 0 Å². The second-order valence-corrected chi connectivity index (χ2v) is 8.25. The van der Waals surface area contributed by atoms with Crippen LogP contribution in [0.2, 0.25) is 0 Å². The molecule has 1 aromatic carbocycles. The van der Waals surface area contributed by atoms with E-state index in [1.165, 1.54) is 34.8 Å². The average molecular weight is 425 g/mol. The van der Waals surface area contributed by atoms with E-state index in [-0.39, 0.29) is 11.6 Å². The van der Waals surface area contributed by atoms with E-state index >= 15 is 0 Å². The lowest BCUT2D eigenvalue weighted by molar-refractivity contribution is -0.384. The number of nitro benzene ring substituents is 1. The van der Waals surface area contributed by atoms with E-state index in [2.05, 4.69) is 20.3 Å². The van der Waals surface area contributed by atoms with Gasteiger partial charge in [0.15, 0.2) is 5.13 Å². The van der Waals surface area contributed by atoms with Crippen LogP contribution in [0.4, 0.5) is 10.8 Å². The Bertz CT molecular complexity index is 1280. The number of rotatable bonds is 4. The van der Waals surface area contributed by atoms with Gasteiger partial charge in [0.25, 0.3) is 11.6 Å². The molecular formula is C19H15N5O3S2. The van der Waals surface area contributed by atoms with Crippen molar-refractivity contribution in [3.8, 4) is 11.3 Å². The van der Waals surface area contributed by atoms with Crippen molar-refractivity contribution in [1.29, 1.82) is 0 Å². The second-order valence-electron chi connectivity index (χ2n) is 6.39. The summed E-state index contributed by atoms with van der Waals surface area (Å²) in [5.74, 6) is 0.409. The molecule has 0 bridgehead atoms. The number of nitrogens with one attached hydrogen (secondary N) is 1. The lowest BCUT2D eigenvalue weighted by Gasteiger charge is -2.01. The second kappa shape index (κ2) is 7.30. The molecule has 8 nitrogen and oxygen atoms in total. The third-order valence-corrected chi connectivity index (χ3v) is 6.31. The summed E-state index contributed by atoms with van der Waals surface area (Å²) < 4.78 is 0. The quantitative estimate of drug-likeness (QED) is 0.368. The van der Waals surface area contributed by atoms with Crippen molar-refractivity contribution < 1.29 is 9.72 Å². The van der Waals surface area contributed by atoms with Crippen molar-refractivity contribution in [3.63, 3.8) is 0 Å². The maximum atomic E-state index is 12.8. The first-order valence-corrected chi connectivity index (χ1v) is 10.3. The monoisotopic (exact) mass is 425 g/mol. The summed E-state index contributed by atoms with van der Waals surface area (Å²) in [5, 5.41) is 16.9. The van der Waals surface area contributed by atoms with E-state index in [9.17, 15) is 14.9 Å². The predicted molar refractivity (Wildman–Crippen MR) is 114 cm³/mol. The van der Waals surface area contributed by atoms with Crippen LogP contribution < -0.4 is 5.32 Å². The Morgan fingerprint density at radius 1 is 1.17 bits per heavy atom. The Labute approximate surface area is 173 Å². The van der Waals surface area contributed by atoms with E-state index in [1.54, 1.807) is 17.5 Å². The van der Waals surface area contributed by atoms with Crippen LogP contribution in [-0.4, -0.2) is 25.8 Å². The average Bonchev–Trinajstić information content (AvgIpc) is 3.26. The fourth-order valence-electron chi connectivity index (χ4n) is 3.09. The number of non-ortho nitro benzene ring substituents is 1. The summed E-state index contributed by atoms with van der Waals surface area (Å²) in [6.45, 7) is 5.62. The molecule has 0 aliphatic carbocycles. The van der Waals surface area contributed by atoms with Gasteiger partial charge in [-0.05, 0) is 26.3 Å². The Hall–Kier alpha value is -3.24. The molecule has 3 heterocycles. The van der Waals surface area contributed by atoms with E-state index in [0.717, 1.165) is 21.5 Å². The Morgan fingerprint density at radius 3 is 2.72 bits per heavy atom. The van der Waals surface area contributed by atoms with Gasteiger partial charge in [-0.3, -0.25) is 20.2 Å². The molecule has 0 aliphatic rings. The summed E-state index contributed by atoms with van der Waals surface area (Å²) in [6.07, 6.45) is 0. The standard InChI is InChI=1S/C19H15N5O3S2/c1-9-15-10(2)20-11(3)21-18(15)29-16(9)17(25)23-19-22-14(8-28-19)12-5-4-6-13(7-12)24(26)27/h4-8H,1-3H3,(H,22,23,25). The molecule has 0 aliphatic heterocycles. The molecule has 10 heteroatoms. The van der Waals surface area contributed by atoms with Crippen molar-refractivity contribution in [3.05, 3.63) is 61.7 Å². The van der Waals surface area contributed by atoms with Gasteiger partial charge in [-0.25, -0.2) is 15.0 Å². The zero-order chi connectivity index (χ0) is 20.7. The molecule has 0 radical (unpaired) electrons. The molecule has 0 fully saturated rings. The minimum atomic E-state index is -0.449. The molecule has 4 rings (SSSR count). The number of amides is 1. The number of nitro groups is 1. The number of carbonyl (C=O) groups is 1. The molecule has 0 unspecified atom stereocenters. The minimum absolute atomic E-state index is 0.00578. The lowest BCUT2D eigenvalue weighted by atomic mass is 10.1. The molecule has 0 saturated heterocycles. The molecule has 3 aromatic heterocycles. The number of carbonyl (C=O) groups excluding carboxylic acids is 1. The number of benzene rings is 1. The first-order chi connectivity index (χ1) is 13.8. The summed E-state index contributed by atoms with van der Waals surface area (Å²) in [4.78, 5) is 37.9. The maximum Gasteiger partial charge on any atom is 0.270 e. The summed E-state index contributed by atoms with van der Waals surface area (Å²) >= 11 is 2.59. The van der Waals surface area contributed by atoms with Crippen molar-refractivity contribution in [2.75, 3.05) is 5.32 Å². The van der Waals surface area contributed by atoms with Gasteiger partial charge in [-0.2, -0.15) is 0 Å². The van der Waals surface area contributed by atoms with Crippen LogP contribution in [0.1, 0.15) is 26.8 Å². The molecule has 146 valence electrons. The Kier molecular flexibility index (Phi) is 4.81. The fraction of sp³-hybridized carbons (Fsp3) is 0.158. The number of aromatic nitrogens is 3. The van der Waals surface area contributed by atoms with Crippen LogP contribution in [0.25, 0.3) is 21.5 Å². The first kappa shape index (κ1) is 19.1. The van der Waals surface area contributed by atoms with E-state index in [4.69, 9.17) is 0 Å². The molecule has 1 N–H and O–H groups in total. The third-order valence-electron chi connectivity index (χ3n) is 4.37. The topological polar surface area (TPSA) is 111 Å². The van der Waals surface area contributed by atoms with Gasteiger partial charge in [-0.15, -0.1) is 22.7 Å². The molecule has 29 heavy (non-hydrogen) atoms. The fourth-order valence-corrected chi connectivity index (χ4v) is 4.97. The minimum Gasteiger partial charge on any atom is -0.297 e. The first-order valence-electron chi connectivity index (χ1n) is 8.59. The largest absolute Gasteiger partial charge is 0.297 e. The molecule has 1 amide bonds. The molecule has 0 saturated carbocycles. The van der Waals surface area contributed by atoms with Crippen LogP contribution in [0.5, 0.6) is 0 Å². The highest BCUT2D eigenvalue weighted by atomic mass is 32.1. The summed E-state index contributed by atoms with van der Waals surface area (Å²) in [7, 11) is 0. The molecule has 4 aromatic rings. The van der Waals surface area contributed by atoms with E-state index in [1.807, 2.05) is 20.8 Å². The van der Waals surface area contributed by atoms with Gasteiger partial charge in [0.1, 0.15) is 10.7 Å². The number of thiazole rings is 1. The lowest BCUT2D eigenvalue weighted by Crippen LogP contribution is -2.11. The Balaban J connectivity index is 1.61. The van der Waals surface area contributed by atoms with Crippen molar-refractivity contribution >= 4 is 49.6 Å². The number of hydrogen-bond acceptors (Lipinski definition) is 8. The Morgan fingerprint density at radius 2 is 1.97 bits per heavy atom. The van der Waals surface area contributed by atoms with Crippen LogP contribution in [-0.2, 0) is 0 Å². The van der Waals surface area contributed by atoms with Crippen molar-refractivity contribution in [1.82, 2.24) is 15.0 Å². The highest BCUT2D eigenvalue weighted by Gasteiger charge is 2.20. The highest BCUT2D eigenvalue weighted by molar-refractivity contribution is 7.21. The van der Waals surface area contributed by atoms with Crippen LogP contribution in [0, 0.1) is 30.9 Å². The third kappa shape index (κ3) is 3.59. The summed E-state index contributed by atoms with van der Waals surface area (Å²) in [6, 6.07) is 6.24. The zero-order valence-corrected chi connectivity index (χ0v) is 17.3. The smallest absolute Gasteiger partial charge is 0.270 e. The van der Waals surface area contributed by atoms with Gasteiger partial charge < -0.3 is 0 Å². The van der Waals surface area contributed by atoms with Gasteiger partial charge in [-0.1, -0.05) is 12.1 Å². The zero-order valence-electron chi connectivity index (χ0n) is 15.7. The number of fused-ring (bicyclic) bond motifs is 1. The van der Waals surface area contributed by atoms with Gasteiger partial charge in [0, 0.05) is 34.2 Å². The number of anilines is 1. The summed E-state index contributed by atoms with van der Waals surface area (Å²) in [5.41, 5.74) is 2.88. The van der Waals surface area contributed by atoms with Gasteiger partial charge in [0.05, 0.1) is 15.5 Å². The SMILES string of the molecule is Cc1nc(C)c2c(C)c(C(=O)Nc3nc(-c4cccc([N+](=O)[O-])c4)cs3)sc2n1. The molecular weight excluding hydrogens is 410 g/mol. The molecule has 0 spiro atoms. The maximum absolute atomic E-state index is 12.8.